The first-order valence-corrected chi connectivity index (χ1v) is 6.25. The third-order valence-corrected chi connectivity index (χ3v) is 3.22. The third kappa shape index (κ3) is 2.41. The largest absolute Gasteiger partial charge is 0.478 e. The number of aromatic carboxylic acids is 1. The highest BCUT2D eigenvalue weighted by atomic mass is 19.4. The molecule has 22 heavy (non-hydrogen) atoms. The summed E-state index contributed by atoms with van der Waals surface area (Å²) in [5.41, 5.74) is -0.400. The van der Waals surface area contributed by atoms with Gasteiger partial charge in [-0.2, -0.15) is 13.2 Å². The van der Waals surface area contributed by atoms with E-state index in [4.69, 9.17) is 5.11 Å². The van der Waals surface area contributed by atoms with E-state index in [1.165, 1.54) is 47.1 Å². The average molecular weight is 306 g/mol. The molecule has 3 rings (SSSR count). The molecule has 0 saturated heterocycles. The number of carboxylic acids is 1. The van der Waals surface area contributed by atoms with Crippen molar-refractivity contribution in [1.29, 1.82) is 0 Å². The van der Waals surface area contributed by atoms with Gasteiger partial charge in [0, 0.05) is 18.0 Å². The van der Waals surface area contributed by atoms with Crippen LogP contribution in [0.3, 0.4) is 0 Å². The fourth-order valence-electron chi connectivity index (χ4n) is 2.20. The van der Waals surface area contributed by atoms with Crippen molar-refractivity contribution in [2.45, 2.75) is 6.18 Å². The highest BCUT2D eigenvalue weighted by Crippen LogP contribution is 2.36. The van der Waals surface area contributed by atoms with Gasteiger partial charge in [-0.25, -0.2) is 9.78 Å². The molecular weight excluding hydrogens is 297 g/mol. The van der Waals surface area contributed by atoms with Crippen molar-refractivity contribution in [2.24, 2.45) is 0 Å². The molecule has 0 amide bonds. The lowest BCUT2D eigenvalue weighted by Crippen LogP contribution is -2.06. The summed E-state index contributed by atoms with van der Waals surface area (Å²) in [6.07, 6.45) is -1.60. The summed E-state index contributed by atoms with van der Waals surface area (Å²) in [5, 5.41) is 8.93. The van der Waals surface area contributed by atoms with Crippen LogP contribution in [0.2, 0.25) is 0 Å². The van der Waals surface area contributed by atoms with Crippen LogP contribution in [-0.4, -0.2) is 20.5 Å². The van der Waals surface area contributed by atoms with Crippen LogP contribution in [-0.2, 0) is 6.18 Å². The molecule has 7 heteroatoms. The van der Waals surface area contributed by atoms with Crippen LogP contribution >= 0.6 is 0 Å². The molecule has 0 bridgehead atoms. The Morgan fingerprint density at radius 1 is 1.18 bits per heavy atom. The normalized spacial score (nSPS) is 11.8. The molecule has 2 heterocycles. The standard InChI is InChI=1S/C15H9F3N2O2/c16-15(17,18)11-4-2-1-3-10(11)12-8-20-6-5-9(14(21)22)7-13(20)19-12/h1-8H,(H,21,22). The van der Waals surface area contributed by atoms with Crippen molar-refractivity contribution in [3.05, 3.63) is 59.9 Å². The van der Waals surface area contributed by atoms with Crippen LogP contribution in [0.15, 0.2) is 48.8 Å². The van der Waals surface area contributed by atoms with Crippen molar-refractivity contribution in [3.8, 4) is 11.3 Å². The third-order valence-electron chi connectivity index (χ3n) is 3.22. The van der Waals surface area contributed by atoms with E-state index < -0.39 is 17.7 Å². The fraction of sp³-hybridized carbons (Fsp3) is 0.0667. The molecular formula is C15H9F3N2O2. The van der Waals surface area contributed by atoms with Crippen molar-refractivity contribution >= 4 is 11.6 Å². The van der Waals surface area contributed by atoms with Gasteiger partial charge in [0.1, 0.15) is 5.65 Å². The zero-order chi connectivity index (χ0) is 15.9. The molecule has 4 nitrogen and oxygen atoms in total. The van der Waals surface area contributed by atoms with Gasteiger partial charge in [0.15, 0.2) is 0 Å². The van der Waals surface area contributed by atoms with Gasteiger partial charge in [-0.3, -0.25) is 0 Å². The van der Waals surface area contributed by atoms with E-state index in [9.17, 15) is 18.0 Å². The Kier molecular flexibility index (Phi) is 3.13. The van der Waals surface area contributed by atoms with E-state index in [0.717, 1.165) is 6.07 Å². The number of imidazole rings is 1. The Labute approximate surface area is 122 Å². The van der Waals surface area contributed by atoms with E-state index in [0.29, 0.717) is 0 Å². The van der Waals surface area contributed by atoms with Crippen LogP contribution in [0.4, 0.5) is 13.2 Å². The minimum Gasteiger partial charge on any atom is -0.478 e. The highest BCUT2D eigenvalue weighted by Gasteiger charge is 2.33. The second-order valence-corrected chi connectivity index (χ2v) is 4.66. The summed E-state index contributed by atoms with van der Waals surface area (Å²) < 4.78 is 40.6. The molecule has 0 aliphatic rings. The average Bonchev–Trinajstić information content (AvgIpc) is 2.89. The molecule has 1 N–H and O–H groups in total. The zero-order valence-corrected chi connectivity index (χ0v) is 11.0. The van der Waals surface area contributed by atoms with Crippen molar-refractivity contribution < 1.29 is 23.1 Å². The number of hydrogen-bond acceptors (Lipinski definition) is 2. The maximum absolute atomic E-state index is 13.0. The quantitative estimate of drug-likeness (QED) is 0.785. The molecule has 0 aliphatic heterocycles. The molecule has 0 unspecified atom stereocenters. The summed E-state index contributed by atoms with van der Waals surface area (Å²) in [7, 11) is 0. The van der Waals surface area contributed by atoms with Crippen molar-refractivity contribution in [2.75, 3.05) is 0 Å². The van der Waals surface area contributed by atoms with Crippen LogP contribution in [0.1, 0.15) is 15.9 Å². The molecule has 112 valence electrons. The van der Waals surface area contributed by atoms with Gasteiger partial charge in [-0.15, -0.1) is 0 Å². The van der Waals surface area contributed by atoms with Crippen LogP contribution in [0.25, 0.3) is 16.9 Å². The first-order chi connectivity index (χ1) is 10.4. The second-order valence-electron chi connectivity index (χ2n) is 4.66. The predicted octanol–water partition coefficient (Wildman–Crippen LogP) is 3.72. The summed E-state index contributed by atoms with van der Waals surface area (Å²) in [5.74, 6) is -1.12. The first-order valence-electron chi connectivity index (χ1n) is 6.25. The molecule has 0 saturated carbocycles. The number of halogens is 3. The maximum Gasteiger partial charge on any atom is 0.417 e. The number of carboxylic acid groups (broad SMARTS) is 1. The Bertz CT molecular complexity index is 869. The van der Waals surface area contributed by atoms with Crippen molar-refractivity contribution in [1.82, 2.24) is 9.38 Å². The summed E-state index contributed by atoms with van der Waals surface area (Å²) >= 11 is 0. The lowest BCUT2D eigenvalue weighted by Gasteiger charge is -2.10. The number of benzene rings is 1. The number of carbonyl (C=O) groups is 1. The summed E-state index contributed by atoms with van der Waals surface area (Å²) in [6, 6.07) is 7.80. The number of pyridine rings is 1. The van der Waals surface area contributed by atoms with Crippen LogP contribution < -0.4 is 0 Å². The molecule has 0 aliphatic carbocycles. The Hall–Kier alpha value is -2.83. The smallest absolute Gasteiger partial charge is 0.417 e. The van der Waals surface area contributed by atoms with Gasteiger partial charge < -0.3 is 9.51 Å². The number of rotatable bonds is 2. The van der Waals surface area contributed by atoms with E-state index >= 15 is 0 Å². The zero-order valence-electron chi connectivity index (χ0n) is 11.0. The van der Waals surface area contributed by atoms with Gasteiger partial charge in [0.2, 0.25) is 0 Å². The SMILES string of the molecule is O=C(O)c1ccn2cc(-c3ccccc3C(F)(F)F)nc2c1. The van der Waals surface area contributed by atoms with E-state index in [1.807, 2.05) is 0 Å². The minimum atomic E-state index is -4.49. The summed E-state index contributed by atoms with van der Waals surface area (Å²) in [4.78, 5) is 15.0. The van der Waals surface area contributed by atoms with Gasteiger partial charge in [0.25, 0.3) is 0 Å². The minimum absolute atomic E-state index is 0.0220. The Balaban J connectivity index is 2.18. The first kappa shape index (κ1) is 14.1. The predicted molar refractivity (Wildman–Crippen MR) is 72.6 cm³/mol. The van der Waals surface area contributed by atoms with Gasteiger partial charge in [-0.05, 0) is 18.2 Å². The monoisotopic (exact) mass is 306 g/mol. The Morgan fingerprint density at radius 2 is 1.91 bits per heavy atom. The van der Waals surface area contributed by atoms with Gasteiger partial charge in [-0.1, -0.05) is 18.2 Å². The number of nitrogens with zero attached hydrogens (tertiary/aromatic N) is 2. The number of alkyl halides is 3. The highest BCUT2D eigenvalue weighted by molar-refractivity contribution is 5.88. The molecule has 2 aromatic heterocycles. The number of hydrogen-bond donors (Lipinski definition) is 1. The van der Waals surface area contributed by atoms with E-state index in [1.54, 1.807) is 0 Å². The fourth-order valence-corrected chi connectivity index (χ4v) is 2.20. The second kappa shape index (κ2) is 4.87. The van der Waals surface area contributed by atoms with Gasteiger partial charge >= 0.3 is 12.1 Å². The Morgan fingerprint density at radius 3 is 2.59 bits per heavy atom. The maximum atomic E-state index is 13.0. The molecule has 0 atom stereocenters. The van der Waals surface area contributed by atoms with Gasteiger partial charge in [0.05, 0.1) is 16.8 Å². The molecule has 3 aromatic rings. The lowest BCUT2D eigenvalue weighted by atomic mass is 10.1. The molecule has 1 aromatic carbocycles. The summed E-state index contributed by atoms with van der Waals surface area (Å²) in [6.45, 7) is 0. The molecule has 0 radical (unpaired) electrons. The van der Waals surface area contributed by atoms with Crippen LogP contribution in [0, 0.1) is 0 Å². The number of aromatic nitrogens is 2. The molecule has 0 spiro atoms. The topological polar surface area (TPSA) is 54.6 Å². The van der Waals surface area contributed by atoms with Crippen LogP contribution in [0.5, 0.6) is 0 Å². The molecule has 0 fully saturated rings. The number of fused-ring (bicyclic) bond motifs is 1. The van der Waals surface area contributed by atoms with Crippen molar-refractivity contribution in [3.63, 3.8) is 0 Å². The van der Waals surface area contributed by atoms with E-state index in [2.05, 4.69) is 4.98 Å². The van der Waals surface area contributed by atoms with E-state index in [-0.39, 0.29) is 22.5 Å². The lowest BCUT2D eigenvalue weighted by molar-refractivity contribution is -0.137.